The van der Waals surface area contributed by atoms with Crippen LogP contribution in [0.4, 0.5) is 26.3 Å². The summed E-state index contributed by atoms with van der Waals surface area (Å²) in [5.74, 6) is -4.82. The highest BCUT2D eigenvalue weighted by Crippen LogP contribution is 2.57. The number of methoxy groups -OCH3 is 3. The van der Waals surface area contributed by atoms with E-state index in [1.165, 1.54) is 45.6 Å². The van der Waals surface area contributed by atoms with E-state index in [0.717, 1.165) is 28.8 Å². The van der Waals surface area contributed by atoms with E-state index in [1.54, 1.807) is 78.9 Å². The molecule has 0 saturated carbocycles. The zero-order valence-corrected chi connectivity index (χ0v) is 88.9. The highest BCUT2D eigenvalue weighted by Gasteiger charge is 2.60. The molecule has 0 bridgehead atoms. The van der Waals surface area contributed by atoms with Crippen LogP contribution in [-0.4, -0.2) is 96.9 Å². The fourth-order valence-corrected chi connectivity index (χ4v) is 18.6. The number of aliphatic hydroxyl groups is 3. The monoisotopic (exact) mass is 2590 g/mol. The maximum absolute atomic E-state index is 14.6. The maximum atomic E-state index is 14.6. The van der Waals surface area contributed by atoms with Gasteiger partial charge in [0.1, 0.15) is 74.9 Å². The zero-order valence-electron chi connectivity index (χ0n) is 69.9. The topological polar surface area (TPSA) is 241 Å². The van der Waals surface area contributed by atoms with Crippen LogP contribution in [0.1, 0.15) is 107 Å². The maximum Gasteiger partial charge on any atom is 0.496 e. The van der Waals surface area contributed by atoms with Gasteiger partial charge < -0.3 is 67.6 Å². The lowest BCUT2D eigenvalue weighted by atomic mass is 9.73. The summed E-state index contributed by atoms with van der Waals surface area (Å²) in [5.41, 5.74) is -0.905. The number of fused-ring (bicyclic) bond motifs is 5. The van der Waals surface area contributed by atoms with Gasteiger partial charge in [0.15, 0.2) is 17.5 Å². The van der Waals surface area contributed by atoms with E-state index in [1.807, 2.05) is 100 Å². The fourth-order valence-electron chi connectivity index (χ4n) is 14.8. The van der Waals surface area contributed by atoms with Crippen molar-refractivity contribution in [3.63, 3.8) is 0 Å². The van der Waals surface area contributed by atoms with Gasteiger partial charge in [-0.1, -0.05) is 289 Å². The Hall–Kier alpha value is -5.93. The molecule has 696 valence electrons. The van der Waals surface area contributed by atoms with Gasteiger partial charge in [0.2, 0.25) is 11.2 Å². The summed E-state index contributed by atoms with van der Waals surface area (Å²) in [5, 5.41) is 39.4. The number of carbonyl (C=O) groups is 4. The molecule has 0 radical (unpaired) electrons. The summed E-state index contributed by atoms with van der Waals surface area (Å²) in [4.78, 5) is 47.6. The summed E-state index contributed by atoms with van der Waals surface area (Å²) in [6.07, 6.45) is 0.162. The number of ether oxygens (including phenoxy) is 8. The summed E-state index contributed by atoms with van der Waals surface area (Å²) >= 11 is 58.4. The lowest BCUT2D eigenvalue weighted by Gasteiger charge is -2.32. The predicted molar refractivity (Wildman–Crippen MR) is 534 cm³/mol. The number of benzene rings is 11. The van der Waals surface area contributed by atoms with Gasteiger partial charge in [-0.2, -0.15) is 0 Å². The first-order valence-corrected chi connectivity index (χ1v) is 48.4. The van der Waals surface area contributed by atoms with Crippen molar-refractivity contribution < 1.29 is 113 Å². The summed E-state index contributed by atoms with van der Waals surface area (Å²) in [6, 6.07) is 51.9. The molecule has 11 aromatic carbocycles. The van der Waals surface area contributed by atoms with Gasteiger partial charge in [-0.15, -0.1) is 0 Å². The van der Waals surface area contributed by atoms with Gasteiger partial charge in [0.25, 0.3) is 5.60 Å². The molecule has 0 aliphatic carbocycles. The van der Waals surface area contributed by atoms with Crippen LogP contribution in [0.5, 0.6) is 34.5 Å². The van der Waals surface area contributed by atoms with Crippen LogP contribution in [-0.2, 0) is 91.6 Å². The minimum atomic E-state index is -1.82. The van der Waals surface area contributed by atoms with Gasteiger partial charge in [-0.3, -0.25) is 4.79 Å². The Morgan fingerprint density at radius 2 is 0.735 bits per heavy atom. The first-order valence-electron chi connectivity index (χ1n) is 39.0. The van der Waals surface area contributed by atoms with Gasteiger partial charge in [-0.05, 0) is 125 Å². The quantitative estimate of drug-likeness (QED) is 0.0130. The molecule has 17 rings (SSSR count). The molecule has 0 aromatic heterocycles. The molecule has 0 spiro atoms. The highest BCUT2D eigenvalue weighted by molar-refractivity contribution is 14.3. The largest absolute Gasteiger partial charge is 0.507 e. The number of phenols is 1. The standard InChI is InChI=1S/C21H23BClFO4.C16H11BrClFO4.2C16H11BrClFO3.C15H11BrClFO2.C7H3BrClFO2.C2H3I3/c1-19(2)20(3,4)28-22(27-19)17-14-11-21(12-25,13-8-6-5-7-9-13)26-16(14)10-15(24)18(17)23;1-22-15(21)16(8-5-3-2-4-6-8)14(20)11-10(23-16)7-9(19)13(18)12(11)17;2*1-21-15(20)16(9-5-3-2-4-6-9)8-10-12(22-16)7-11(19)14(18)13(10)17;16-13-10-7-15(8-19,9-4-2-1-3-5-9)20-12(10)6-11(18)14(13)17;8-6-3(2-11)5(12)1-4(10)7(6)9;1-2(3,4)5/h5-10,25H,11-12H2,1-4H3;2-7,14,20H,1H3;2*2-7H,8H2,1H3;1-6,19H,7-8H2;1-2,12H;1H3/t21-;;2*16-;15-;;/m1.101../s1. The third-order valence-electron chi connectivity index (χ3n) is 22.1. The van der Waals surface area contributed by atoms with E-state index >= 15 is 0 Å². The van der Waals surface area contributed by atoms with Crippen molar-refractivity contribution in [1.82, 2.24) is 0 Å². The fraction of sp³-hybridized carbons (Fsp3) is 0.247. The number of hydrogen-bond donors (Lipinski definition) is 4. The zero-order chi connectivity index (χ0) is 97.0. The van der Waals surface area contributed by atoms with Gasteiger partial charge in [0.05, 0.1) is 85.9 Å². The minimum absolute atomic E-state index is 0.0283. The molecule has 6 atom stereocenters. The molecule has 132 heavy (non-hydrogen) atoms. The van der Waals surface area contributed by atoms with E-state index in [4.69, 9.17) is 122 Å². The third kappa shape index (κ3) is 21.7. The average molecular weight is 2600 g/mol. The van der Waals surface area contributed by atoms with Gasteiger partial charge in [0, 0.05) is 130 Å². The number of hydrogen-bond acceptors (Lipinski definition) is 18. The van der Waals surface area contributed by atoms with Crippen LogP contribution in [0.2, 0.25) is 30.1 Å². The third-order valence-corrected chi connectivity index (χ3v) is 29.8. The Bertz CT molecular complexity index is 6040. The molecular formula is C93H73BBr5Cl6F6I3O18. The second kappa shape index (κ2) is 43.6. The Morgan fingerprint density at radius 1 is 0.439 bits per heavy atom. The van der Waals surface area contributed by atoms with Crippen LogP contribution in [0, 0.1) is 34.9 Å². The van der Waals surface area contributed by atoms with Crippen LogP contribution in [0.25, 0.3) is 0 Å². The van der Waals surface area contributed by atoms with Gasteiger partial charge >= 0.3 is 25.0 Å². The SMILES string of the molecule is CC(I)(I)I.CC1(C)OB(c2c(Cl)c(F)cc3c2C[C@@](CO)(c2ccccc2)O3)OC1(C)C.COC(=O)C1(c2ccccc2)Oc2cc(F)c(Cl)c(Br)c2C1O.COC(=O)[C@@]1(c2ccccc2)Cc2c(cc(F)c(Cl)c2Br)O1.COC(=O)[C@]1(c2ccccc2)Cc2c(cc(F)c(Cl)c2Br)O1.O=Cc1c(O)cc(F)c(Cl)c1Br.OC[C@@]1(c2ccccc2)Cc2c(cc(F)c(Cl)c2Br)O1. The summed E-state index contributed by atoms with van der Waals surface area (Å²) in [6.45, 7) is 9.41. The van der Waals surface area contributed by atoms with Crippen molar-refractivity contribution in [1.29, 1.82) is 0 Å². The number of esters is 3. The number of aldehydes is 1. The average Bonchev–Trinajstić information content (AvgIpc) is 1.59. The van der Waals surface area contributed by atoms with Gasteiger partial charge in [-0.25, -0.2) is 40.7 Å². The second-order valence-electron chi connectivity index (χ2n) is 30.9. The van der Waals surface area contributed by atoms with Crippen molar-refractivity contribution in [3.05, 3.63) is 337 Å². The lowest BCUT2D eigenvalue weighted by molar-refractivity contribution is -0.168. The smallest absolute Gasteiger partial charge is 0.496 e. The molecule has 4 N–H and O–H groups in total. The van der Waals surface area contributed by atoms with E-state index in [-0.39, 0.29) is 93.5 Å². The first kappa shape index (κ1) is 107. The molecular weight excluding hydrogens is 2520 g/mol. The molecule has 1 saturated heterocycles. The molecule has 39 heteroatoms. The molecule has 1 fully saturated rings. The lowest BCUT2D eigenvalue weighted by Crippen LogP contribution is -2.44. The molecule has 11 aromatic rings. The highest BCUT2D eigenvalue weighted by atomic mass is 127. The molecule has 6 aliphatic heterocycles. The van der Waals surface area contributed by atoms with E-state index in [9.17, 15) is 60.8 Å². The normalized spacial score (nSPS) is 20.1. The summed E-state index contributed by atoms with van der Waals surface area (Å²) < 4.78 is 141. The van der Waals surface area contributed by atoms with Crippen molar-refractivity contribution >= 4 is 254 Å². The number of carbonyl (C=O) groups excluding carboxylic acids is 4. The first-order chi connectivity index (χ1) is 62.2. The van der Waals surface area contributed by atoms with E-state index in [2.05, 4.69) is 154 Å². The van der Waals surface area contributed by atoms with Crippen molar-refractivity contribution in [2.45, 2.75) is 105 Å². The van der Waals surface area contributed by atoms with Crippen LogP contribution in [0.3, 0.4) is 0 Å². The van der Waals surface area contributed by atoms with Crippen LogP contribution in [0.15, 0.2) is 210 Å². The predicted octanol–water partition coefficient (Wildman–Crippen LogP) is 25.6. The number of rotatable bonds is 12. The molecule has 18 nitrogen and oxygen atoms in total. The van der Waals surface area contributed by atoms with E-state index in [0.29, 0.717) is 82.3 Å². The van der Waals surface area contributed by atoms with Crippen molar-refractivity contribution in [3.8, 4) is 34.5 Å². The number of alkyl halides is 3. The summed E-state index contributed by atoms with van der Waals surface area (Å²) in [7, 11) is 2.95. The Labute approximate surface area is 868 Å². The Kier molecular flexibility index (Phi) is 35.2. The van der Waals surface area contributed by atoms with E-state index < -0.39 is 111 Å². The Balaban J connectivity index is 0.000000153. The van der Waals surface area contributed by atoms with Crippen molar-refractivity contribution in [2.24, 2.45) is 0 Å². The number of halogens is 20. The number of aromatic hydroxyl groups is 1. The van der Waals surface area contributed by atoms with Crippen LogP contribution >= 0.6 is 217 Å². The number of aliphatic hydroxyl groups excluding tert-OH is 3. The Morgan fingerprint density at radius 3 is 1.09 bits per heavy atom. The van der Waals surface area contributed by atoms with Crippen LogP contribution < -0.4 is 29.1 Å². The second-order valence-corrected chi connectivity index (χ2v) is 49.8. The van der Waals surface area contributed by atoms with Crippen molar-refractivity contribution in [2.75, 3.05) is 34.5 Å². The molecule has 2 unspecified atom stereocenters. The molecule has 6 aliphatic rings. The molecule has 0 amide bonds. The number of phenolic OH excluding ortho intramolecular Hbond substituents is 1. The minimum Gasteiger partial charge on any atom is -0.507 e. The molecule has 6 heterocycles.